The van der Waals surface area contributed by atoms with Crippen LogP contribution in [0.4, 0.5) is 30.7 Å². The van der Waals surface area contributed by atoms with E-state index in [9.17, 15) is 26.3 Å². The molecule has 2 heterocycles. The van der Waals surface area contributed by atoms with Crippen LogP contribution >= 0.6 is 0 Å². The molecular formula is C22H13F7N4O. The van der Waals surface area contributed by atoms with Crippen LogP contribution in [0, 0.1) is 24.1 Å². The van der Waals surface area contributed by atoms with E-state index in [0.717, 1.165) is 24.3 Å². The molecule has 12 heteroatoms. The van der Waals surface area contributed by atoms with Crippen LogP contribution in [0.2, 0.25) is 0 Å². The van der Waals surface area contributed by atoms with Crippen LogP contribution in [0.3, 0.4) is 0 Å². The summed E-state index contributed by atoms with van der Waals surface area (Å²) in [6, 6.07) is 6.78. The van der Waals surface area contributed by atoms with Crippen LogP contribution in [0.1, 0.15) is 41.2 Å². The third-order valence-corrected chi connectivity index (χ3v) is 5.38. The van der Waals surface area contributed by atoms with Crippen molar-refractivity contribution in [2.75, 3.05) is 0 Å². The highest BCUT2D eigenvalue weighted by Gasteiger charge is 2.39. The standard InChI is InChI=1S/C22H13F7N4O/c1-10-18(23)16-15(7-6-13(9-30)17(16)22(27,28)29)33(10)11(2)19-31-20(34-32-19)12-4-3-5-14(8-12)21(24,25)26/h3-8,11H,1-2H3. The fourth-order valence-electron chi connectivity index (χ4n) is 3.83. The number of alkyl halides is 6. The second kappa shape index (κ2) is 7.86. The molecule has 5 nitrogen and oxygen atoms in total. The third kappa shape index (κ3) is 3.76. The normalized spacial score (nSPS) is 13.3. The van der Waals surface area contributed by atoms with E-state index >= 15 is 4.39 Å². The van der Waals surface area contributed by atoms with Gasteiger partial charge in [-0.2, -0.15) is 36.6 Å². The minimum Gasteiger partial charge on any atom is -0.334 e. The van der Waals surface area contributed by atoms with E-state index in [1.54, 1.807) is 0 Å². The number of benzene rings is 2. The summed E-state index contributed by atoms with van der Waals surface area (Å²) in [7, 11) is 0. The Morgan fingerprint density at radius 1 is 1.06 bits per heavy atom. The molecule has 4 rings (SSSR count). The molecule has 0 aliphatic rings. The zero-order chi connectivity index (χ0) is 25.0. The fourth-order valence-corrected chi connectivity index (χ4v) is 3.83. The van der Waals surface area contributed by atoms with Crippen molar-refractivity contribution in [1.82, 2.24) is 14.7 Å². The van der Waals surface area contributed by atoms with Crippen molar-refractivity contribution < 1.29 is 35.3 Å². The van der Waals surface area contributed by atoms with E-state index in [1.165, 1.54) is 36.6 Å². The number of hydrogen-bond donors (Lipinski definition) is 0. The van der Waals surface area contributed by atoms with Crippen LogP contribution in [0.15, 0.2) is 40.9 Å². The largest absolute Gasteiger partial charge is 0.418 e. The zero-order valence-electron chi connectivity index (χ0n) is 17.4. The predicted molar refractivity (Wildman–Crippen MR) is 105 cm³/mol. The van der Waals surface area contributed by atoms with Crippen LogP contribution in [0.25, 0.3) is 22.4 Å². The average molecular weight is 482 g/mol. The Morgan fingerprint density at radius 2 is 1.76 bits per heavy atom. The number of halogens is 7. The Kier molecular flexibility index (Phi) is 5.38. The highest BCUT2D eigenvalue weighted by Crippen LogP contribution is 2.41. The molecule has 4 aromatic rings. The first-order valence-electron chi connectivity index (χ1n) is 9.66. The van der Waals surface area contributed by atoms with Gasteiger partial charge in [0.05, 0.1) is 40.0 Å². The van der Waals surface area contributed by atoms with E-state index < -0.39 is 46.3 Å². The highest BCUT2D eigenvalue weighted by molar-refractivity contribution is 5.88. The summed E-state index contributed by atoms with van der Waals surface area (Å²) in [5.41, 5.74) is -3.39. The smallest absolute Gasteiger partial charge is 0.334 e. The van der Waals surface area contributed by atoms with Gasteiger partial charge in [-0.25, -0.2) is 4.39 Å². The fraction of sp³-hybridized carbons (Fsp3) is 0.227. The molecule has 0 amide bonds. The molecule has 34 heavy (non-hydrogen) atoms. The van der Waals surface area contributed by atoms with Crippen molar-refractivity contribution in [3.8, 4) is 17.5 Å². The quantitative estimate of drug-likeness (QED) is 0.307. The Labute approximate surface area is 187 Å². The van der Waals surface area contributed by atoms with Gasteiger partial charge >= 0.3 is 12.4 Å². The molecule has 2 aromatic carbocycles. The lowest BCUT2D eigenvalue weighted by atomic mass is 10.0. The van der Waals surface area contributed by atoms with Gasteiger partial charge in [-0.3, -0.25) is 0 Å². The van der Waals surface area contributed by atoms with Crippen molar-refractivity contribution in [1.29, 1.82) is 5.26 Å². The molecule has 0 fully saturated rings. The van der Waals surface area contributed by atoms with Gasteiger partial charge in [0.15, 0.2) is 11.6 Å². The maximum absolute atomic E-state index is 15.0. The summed E-state index contributed by atoms with van der Waals surface area (Å²) in [6.45, 7) is 2.73. The summed E-state index contributed by atoms with van der Waals surface area (Å²) >= 11 is 0. The Balaban J connectivity index is 1.83. The monoisotopic (exact) mass is 482 g/mol. The van der Waals surface area contributed by atoms with Crippen LogP contribution < -0.4 is 0 Å². The first-order chi connectivity index (χ1) is 15.8. The van der Waals surface area contributed by atoms with E-state index in [0.29, 0.717) is 0 Å². The zero-order valence-corrected chi connectivity index (χ0v) is 17.4. The number of rotatable bonds is 3. The minimum absolute atomic E-state index is 0.0148. The Morgan fingerprint density at radius 3 is 2.38 bits per heavy atom. The van der Waals surface area contributed by atoms with E-state index in [4.69, 9.17) is 9.78 Å². The second-order valence-electron chi connectivity index (χ2n) is 7.47. The van der Waals surface area contributed by atoms with Gasteiger partial charge in [0, 0.05) is 10.9 Å². The molecule has 1 unspecified atom stereocenters. The lowest BCUT2D eigenvalue weighted by molar-refractivity contribution is -0.138. The summed E-state index contributed by atoms with van der Waals surface area (Å²) in [4.78, 5) is 4.08. The van der Waals surface area contributed by atoms with Gasteiger partial charge < -0.3 is 9.09 Å². The number of fused-ring (bicyclic) bond motifs is 1. The highest BCUT2D eigenvalue weighted by atomic mass is 19.4. The lowest BCUT2D eigenvalue weighted by Crippen LogP contribution is -2.11. The number of nitrogens with zero attached hydrogens (tertiary/aromatic N) is 4. The maximum Gasteiger partial charge on any atom is 0.418 e. The first kappa shape index (κ1) is 23.3. The minimum atomic E-state index is -4.99. The second-order valence-corrected chi connectivity index (χ2v) is 7.47. The van der Waals surface area contributed by atoms with E-state index in [1.807, 2.05) is 0 Å². The summed E-state index contributed by atoms with van der Waals surface area (Å²) in [5.74, 6) is -1.50. The van der Waals surface area contributed by atoms with Crippen molar-refractivity contribution in [3.63, 3.8) is 0 Å². The molecule has 0 N–H and O–H groups in total. The summed E-state index contributed by atoms with van der Waals surface area (Å²) in [6.07, 6.45) is -9.58. The Hall–Kier alpha value is -3.88. The average Bonchev–Trinajstić information content (AvgIpc) is 3.36. The van der Waals surface area contributed by atoms with Gasteiger partial charge in [-0.05, 0) is 44.2 Å². The number of hydrogen-bond acceptors (Lipinski definition) is 4. The van der Waals surface area contributed by atoms with Gasteiger partial charge in [0.25, 0.3) is 5.89 Å². The molecule has 0 saturated heterocycles. The van der Waals surface area contributed by atoms with Crippen molar-refractivity contribution in [2.45, 2.75) is 32.2 Å². The van der Waals surface area contributed by atoms with Crippen LogP contribution in [0.5, 0.6) is 0 Å². The molecule has 1 atom stereocenters. The van der Waals surface area contributed by atoms with Crippen molar-refractivity contribution >= 4 is 10.9 Å². The number of nitriles is 1. The summed E-state index contributed by atoms with van der Waals surface area (Å²) in [5, 5.41) is 12.1. The van der Waals surface area contributed by atoms with Crippen molar-refractivity contribution in [3.05, 3.63) is 70.4 Å². The SMILES string of the molecule is Cc1c(F)c2c(C(F)(F)F)c(C#N)ccc2n1C(C)c1noc(-c2cccc(C(F)(F)F)c2)n1. The van der Waals surface area contributed by atoms with Crippen LogP contribution in [-0.2, 0) is 12.4 Å². The van der Waals surface area contributed by atoms with Gasteiger partial charge in [-0.1, -0.05) is 11.2 Å². The van der Waals surface area contributed by atoms with E-state index in [-0.39, 0.29) is 28.5 Å². The molecule has 0 spiro atoms. The molecule has 176 valence electrons. The van der Waals surface area contributed by atoms with Gasteiger partial charge in [-0.15, -0.1) is 0 Å². The van der Waals surface area contributed by atoms with Crippen LogP contribution in [-0.4, -0.2) is 14.7 Å². The molecule has 0 saturated carbocycles. The predicted octanol–water partition coefficient (Wildman–Crippen LogP) is 6.66. The van der Waals surface area contributed by atoms with Crippen molar-refractivity contribution in [2.24, 2.45) is 0 Å². The Bertz CT molecular complexity index is 1440. The number of aromatic nitrogens is 3. The van der Waals surface area contributed by atoms with E-state index in [2.05, 4.69) is 10.1 Å². The topological polar surface area (TPSA) is 67.6 Å². The molecule has 0 aliphatic carbocycles. The molecular weight excluding hydrogens is 469 g/mol. The maximum atomic E-state index is 15.0. The summed E-state index contributed by atoms with van der Waals surface area (Å²) < 4.78 is 101. The first-order valence-corrected chi connectivity index (χ1v) is 9.66. The third-order valence-electron chi connectivity index (χ3n) is 5.38. The molecule has 0 radical (unpaired) electrons. The van der Waals surface area contributed by atoms with Gasteiger partial charge in [0.2, 0.25) is 0 Å². The molecule has 0 aliphatic heterocycles. The lowest BCUT2D eigenvalue weighted by Gasteiger charge is -2.15. The molecule has 0 bridgehead atoms. The molecule has 2 aromatic heterocycles. The van der Waals surface area contributed by atoms with Gasteiger partial charge in [0.1, 0.15) is 0 Å².